The minimum absolute atomic E-state index is 0.173. The molecule has 1 aromatic heterocycles. The highest BCUT2D eigenvalue weighted by Gasteiger charge is 2.52. The molecular weight excluding hydrogens is 385 g/mol. The summed E-state index contributed by atoms with van der Waals surface area (Å²) in [5.41, 5.74) is 0.872. The summed E-state index contributed by atoms with van der Waals surface area (Å²) >= 11 is 6.26. The van der Waals surface area contributed by atoms with E-state index in [2.05, 4.69) is 4.98 Å². The first-order chi connectivity index (χ1) is 12.4. The molecular formula is C19H23BClNO4S. The fourth-order valence-corrected chi connectivity index (χ4v) is 4.71. The quantitative estimate of drug-likeness (QED) is 0.574. The minimum atomic E-state index is -3.55. The second kappa shape index (κ2) is 6.89. The first kappa shape index (κ1) is 20.3. The maximum atomic E-state index is 12.8. The number of hydrogen-bond donors (Lipinski definition) is 0. The number of benzene rings is 1. The Labute approximate surface area is 166 Å². The van der Waals surface area contributed by atoms with E-state index in [0.717, 1.165) is 0 Å². The van der Waals surface area contributed by atoms with E-state index in [9.17, 15) is 8.42 Å². The molecule has 1 aliphatic heterocycles. The molecule has 2 heterocycles. The number of sulfone groups is 1. The second-order valence-corrected chi connectivity index (χ2v) is 10.1. The van der Waals surface area contributed by atoms with Gasteiger partial charge in [0.05, 0.1) is 21.9 Å². The Hall–Kier alpha value is -1.41. The Kier molecular flexibility index (Phi) is 5.18. The number of pyridine rings is 1. The maximum Gasteiger partial charge on any atom is 0.496 e. The van der Waals surface area contributed by atoms with Crippen molar-refractivity contribution in [2.24, 2.45) is 0 Å². The Balaban J connectivity index is 1.98. The van der Waals surface area contributed by atoms with Crippen molar-refractivity contribution in [3.05, 3.63) is 52.8 Å². The van der Waals surface area contributed by atoms with Crippen molar-refractivity contribution in [1.29, 1.82) is 0 Å². The summed E-state index contributed by atoms with van der Waals surface area (Å²) in [6, 6.07) is 8.31. The SMILES string of the molecule is Cc1c(B2OC(C)(C)C(C)(C)O2)cnc(Cl)c1CS(=O)(=O)c1ccccc1. The van der Waals surface area contributed by atoms with Crippen molar-refractivity contribution in [2.45, 2.75) is 56.5 Å². The lowest BCUT2D eigenvalue weighted by Gasteiger charge is -2.32. The normalized spacial score (nSPS) is 18.7. The molecule has 0 aliphatic carbocycles. The molecule has 0 bridgehead atoms. The first-order valence-electron chi connectivity index (χ1n) is 8.72. The third kappa shape index (κ3) is 3.79. The van der Waals surface area contributed by atoms with Gasteiger partial charge in [-0.2, -0.15) is 0 Å². The lowest BCUT2D eigenvalue weighted by Crippen LogP contribution is -2.41. The highest BCUT2D eigenvalue weighted by atomic mass is 35.5. The number of rotatable bonds is 4. The Bertz CT molecular complexity index is 945. The average Bonchev–Trinajstić information content (AvgIpc) is 2.80. The van der Waals surface area contributed by atoms with Gasteiger partial charge < -0.3 is 9.31 Å². The van der Waals surface area contributed by atoms with Gasteiger partial charge in [0.15, 0.2) is 9.84 Å². The summed E-state index contributed by atoms with van der Waals surface area (Å²) in [7, 11) is -4.18. The molecule has 0 atom stereocenters. The van der Waals surface area contributed by atoms with Crippen LogP contribution < -0.4 is 5.46 Å². The molecule has 0 saturated carbocycles. The van der Waals surface area contributed by atoms with Gasteiger partial charge in [-0.05, 0) is 52.3 Å². The zero-order chi connectivity index (χ0) is 20.0. The van der Waals surface area contributed by atoms with Gasteiger partial charge in [0.1, 0.15) is 5.15 Å². The molecule has 27 heavy (non-hydrogen) atoms. The molecule has 0 N–H and O–H groups in total. The molecule has 1 fully saturated rings. The van der Waals surface area contributed by atoms with Crippen molar-refractivity contribution in [2.75, 3.05) is 0 Å². The molecule has 8 heteroatoms. The number of nitrogens with zero attached hydrogens (tertiary/aromatic N) is 1. The molecule has 3 rings (SSSR count). The summed E-state index contributed by atoms with van der Waals surface area (Å²) in [5, 5.41) is 0.173. The summed E-state index contributed by atoms with van der Waals surface area (Å²) in [4.78, 5) is 4.45. The average molecular weight is 408 g/mol. The van der Waals surface area contributed by atoms with E-state index in [1.54, 1.807) is 36.5 Å². The van der Waals surface area contributed by atoms with E-state index < -0.39 is 28.2 Å². The van der Waals surface area contributed by atoms with Crippen molar-refractivity contribution in [3.8, 4) is 0 Å². The first-order valence-corrected chi connectivity index (χ1v) is 10.7. The maximum absolute atomic E-state index is 12.8. The molecule has 0 unspecified atom stereocenters. The van der Waals surface area contributed by atoms with Gasteiger partial charge in [-0.15, -0.1) is 0 Å². The van der Waals surface area contributed by atoms with E-state index in [0.29, 0.717) is 16.6 Å². The zero-order valence-corrected chi connectivity index (χ0v) is 17.7. The fraction of sp³-hybridized carbons (Fsp3) is 0.421. The van der Waals surface area contributed by atoms with Crippen LogP contribution in [0.1, 0.15) is 38.8 Å². The van der Waals surface area contributed by atoms with E-state index in [4.69, 9.17) is 20.9 Å². The summed E-state index contributed by atoms with van der Waals surface area (Å²) in [6.07, 6.45) is 1.60. The lowest BCUT2D eigenvalue weighted by atomic mass is 9.76. The highest BCUT2D eigenvalue weighted by molar-refractivity contribution is 7.90. The molecule has 144 valence electrons. The summed E-state index contributed by atoms with van der Waals surface area (Å²) in [6.45, 7) is 9.68. The smallest absolute Gasteiger partial charge is 0.399 e. The largest absolute Gasteiger partial charge is 0.496 e. The van der Waals surface area contributed by atoms with Crippen LogP contribution in [0.2, 0.25) is 5.15 Å². The van der Waals surface area contributed by atoms with Crippen molar-refractivity contribution in [3.63, 3.8) is 0 Å². The van der Waals surface area contributed by atoms with Crippen LogP contribution in [0.4, 0.5) is 0 Å². The standard InChI is InChI=1S/C19H23BClNO4S/c1-13-15(12-27(23,24)14-9-7-6-8-10-14)17(21)22-11-16(13)20-25-18(2,3)19(4,5)26-20/h6-11H,12H2,1-5H3. The summed E-state index contributed by atoms with van der Waals surface area (Å²) in [5.74, 6) is -0.234. The highest BCUT2D eigenvalue weighted by Crippen LogP contribution is 2.37. The van der Waals surface area contributed by atoms with E-state index in [1.165, 1.54) is 0 Å². The molecule has 5 nitrogen and oxygen atoms in total. The third-order valence-electron chi connectivity index (χ3n) is 5.40. The van der Waals surface area contributed by atoms with Crippen LogP contribution >= 0.6 is 11.6 Å². The second-order valence-electron chi connectivity index (χ2n) is 7.77. The third-order valence-corrected chi connectivity index (χ3v) is 7.38. The number of aromatic nitrogens is 1. The Morgan fingerprint density at radius 2 is 1.63 bits per heavy atom. The van der Waals surface area contributed by atoms with Gasteiger partial charge in [-0.1, -0.05) is 29.8 Å². The number of halogens is 1. The van der Waals surface area contributed by atoms with Gasteiger partial charge in [-0.3, -0.25) is 0 Å². The van der Waals surface area contributed by atoms with Crippen LogP contribution in [0, 0.1) is 6.92 Å². The predicted molar refractivity (Wildman–Crippen MR) is 107 cm³/mol. The van der Waals surface area contributed by atoms with Gasteiger partial charge in [-0.25, -0.2) is 13.4 Å². The fourth-order valence-electron chi connectivity index (χ4n) is 2.91. The van der Waals surface area contributed by atoms with Crippen molar-refractivity contribution in [1.82, 2.24) is 4.98 Å². The molecule has 0 amide bonds. The van der Waals surface area contributed by atoms with Crippen LogP contribution in [0.15, 0.2) is 41.4 Å². The van der Waals surface area contributed by atoms with Gasteiger partial charge >= 0.3 is 7.12 Å². The van der Waals surface area contributed by atoms with E-state index in [1.807, 2.05) is 34.6 Å². The van der Waals surface area contributed by atoms with Crippen molar-refractivity contribution < 1.29 is 17.7 Å². The van der Waals surface area contributed by atoms with Crippen molar-refractivity contribution >= 4 is 34.0 Å². The topological polar surface area (TPSA) is 65.5 Å². The van der Waals surface area contributed by atoms with Crippen LogP contribution in [-0.2, 0) is 24.9 Å². The summed E-state index contributed by atoms with van der Waals surface area (Å²) < 4.78 is 37.8. The number of hydrogen-bond acceptors (Lipinski definition) is 5. The predicted octanol–water partition coefficient (Wildman–Crippen LogP) is 3.32. The molecule has 1 aliphatic rings. The molecule has 1 saturated heterocycles. The molecule has 0 radical (unpaired) electrons. The molecule has 2 aromatic rings. The lowest BCUT2D eigenvalue weighted by molar-refractivity contribution is 0.00578. The van der Waals surface area contributed by atoms with Crippen LogP contribution in [0.25, 0.3) is 0 Å². The van der Waals surface area contributed by atoms with E-state index in [-0.39, 0.29) is 15.8 Å². The molecule has 0 spiro atoms. The van der Waals surface area contributed by atoms with Gasteiger partial charge in [0.2, 0.25) is 0 Å². The molecule has 1 aromatic carbocycles. The van der Waals surface area contributed by atoms with Gasteiger partial charge in [0.25, 0.3) is 0 Å². The Morgan fingerprint density at radius 1 is 1.07 bits per heavy atom. The van der Waals surface area contributed by atoms with Crippen LogP contribution in [0.3, 0.4) is 0 Å². The van der Waals surface area contributed by atoms with Crippen LogP contribution in [-0.4, -0.2) is 31.7 Å². The monoisotopic (exact) mass is 407 g/mol. The zero-order valence-electron chi connectivity index (χ0n) is 16.1. The minimum Gasteiger partial charge on any atom is -0.399 e. The Morgan fingerprint density at radius 3 is 2.19 bits per heavy atom. The van der Waals surface area contributed by atoms with Gasteiger partial charge in [0, 0.05) is 17.2 Å². The van der Waals surface area contributed by atoms with E-state index >= 15 is 0 Å². The van der Waals surface area contributed by atoms with Crippen LogP contribution in [0.5, 0.6) is 0 Å².